The lowest BCUT2D eigenvalue weighted by Gasteiger charge is -2.11. The number of aromatic nitrogens is 1. The highest BCUT2D eigenvalue weighted by Gasteiger charge is 2.18. The smallest absolute Gasteiger partial charge is 0.263 e. The molecule has 1 aromatic carbocycles. The van der Waals surface area contributed by atoms with Gasteiger partial charge in [0.25, 0.3) is 10.0 Å². The molecule has 0 aliphatic heterocycles. The van der Waals surface area contributed by atoms with Crippen LogP contribution in [0.15, 0.2) is 39.8 Å². The third-order valence-electron chi connectivity index (χ3n) is 2.31. The van der Waals surface area contributed by atoms with Crippen LogP contribution in [0.3, 0.4) is 0 Å². The molecular formula is C11H8BrClFN3O2S. The predicted molar refractivity (Wildman–Crippen MR) is 78.6 cm³/mol. The van der Waals surface area contributed by atoms with Crippen LogP contribution in [0, 0.1) is 5.82 Å². The molecule has 0 radical (unpaired) electrons. The Bertz CT molecular complexity index is 730. The van der Waals surface area contributed by atoms with E-state index in [4.69, 9.17) is 17.3 Å². The van der Waals surface area contributed by atoms with E-state index in [0.29, 0.717) is 0 Å². The number of nitrogens with one attached hydrogen (secondary N) is 1. The van der Waals surface area contributed by atoms with Crippen LogP contribution < -0.4 is 10.5 Å². The van der Waals surface area contributed by atoms with Crippen molar-refractivity contribution < 1.29 is 12.8 Å². The minimum atomic E-state index is -3.89. The molecule has 0 aliphatic rings. The first-order valence-electron chi connectivity index (χ1n) is 5.18. The summed E-state index contributed by atoms with van der Waals surface area (Å²) in [6, 6.07) is 4.77. The van der Waals surface area contributed by atoms with E-state index in [1.807, 2.05) is 0 Å². The summed E-state index contributed by atoms with van der Waals surface area (Å²) >= 11 is 8.87. The maximum Gasteiger partial charge on any atom is 0.263 e. The number of nitrogens with zero attached hydrogens (tertiary/aromatic N) is 1. The lowest BCUT2D eigenvalue weighted by molar-refractivity contribution is 0.600. The van der Waals surface area contributed by atoms with Crippen LogP contribution in [-0.2, 0) is 10.0 Å². The molecule has 0 bridgehead atoms. The average molecular weight is 381 g/mol. The number of nitrogens with two attached hydrogens (primary N) is 1. The number of anilines is 2. The van der Waals surface area contributed by atoms with Crippen LogP contribution in [0.2, 0.25) is 5.02 Å². The fourth-order valence-corrected chi connectivity index (χ4v) is 3.51. The highest BCUT2D eigenvalue weighted by molar-refractivity contribution is 9.10. The van der Waals surface area contributed by atoms with Gasteiger partial charge in [-0.15, -0.1) is 0 Å². The van der Waals surface area contributed by atoms with Crippen LogP contribution in [-0.4, -0.2) is 13.4 Å². The molecule has 5 nitrogen and oxygen atoms in total. The molecule has 0 saturated carbocycles. The first kappa shape index (κ1) is 15.0. The summed E-state index contributed by atoms with van der Waals surface area (Å²) in [5.41, 5.74) is 5.44. The van der Waals surface area contributed by atoms with Crippen molar-refractivity contribution in [3.8, 4) is 0 Å². The second-order valence-corrected chi connectivity index (χ2v) is 6.71. The molecular weight excluding hydrogens is 373 g/mol. The van der Waals surface area contributed by atoms with Gasteiger partial charge >= 0.3 is 0 Å². The first-order chi connectivity index (χ1) is 9.29. The third kappa shape index (κ3) is 3.20. The molecule has 9 heteroatoms. The molecule has 20 heavy (non-hydrogen) atoms. The number of hydrogen-bond donors (Lipinski definition) is 2. The SMILES string of the molecule is Nc1ccc(S(=O)(=O)Nc2c(Cl)cc(F)cc2Br)cn1. The van der Waals surface area contributed by atoms with E-state index in [9.17, 15) is 12.8 Å². The standard InChI is InChI=1S/C11H8BrClFN3O2S/c12-8-3-6(14)4-9(13)11(8)17-20(18,19)7-1-2-10(15)16-5-7/h1-5,17H,(H2,15,16). The Morgan fingerprint density at radius 2 is 2.05 bits per heavy atom. The van der Waals surface area contributed by atoms with Gasteiger partial charge in [-0.05, 0) is 40.2 Å². The van der Waals surface area contributed by atoms with E-state index in [1.54, 1.807) is 0 Å². The lowest BCUT2D eigenvalue weighted by atomic mass is 10.3. The summed E-state index contributed by atoms with van der Waals surface area (Å²) in [6.45, 7) is 0. The second kappa shape index (κ2) is 5.55. The van der Waals surface area contributed by atoms with Crippen molar-refractivity contribution in [1.29, 1.82) is 0 Å². The second-order valence-electron chi connectivity index (χ2n) is 3.77. The maximum absolute atomic E-state index is 13.1. The van der Waals surface area contributed by atoms with Crippen molar-refractivity contribution in [2.75, 3.05) is 10.5 Å². The zero-order chi connectivity index (χ0) is 14.9. The molecule has 0 fully saturated rings. The summed E-state index contributed by atoms with van der Waals surface area (Å²) in [5, 5.41) is -0.0659. The van der Waals surface area contributed by atoms with E-state index >= 15 is 0 Å². The van der Waals surface area contributed by atoms with Crippen LogP contribution in [0.25, 0.3) is 0 Å². The Labute approximate surface area is 128 Å². The van der Waals surface area contributed by atoms with Gasteiger partial charge in [-0.1, -0.05) is 11.6 Å². The van der Waals surface area contributed by atoms with Crippen molar-refractivity contribution >= 4 is 49.1 Å². The first-order valence-corrected chi connectivity index (χ1v) is 7.84. The van der Waals surface area contributed by atoms with Gasteiger partial charge in [-0.3, -0.25) is 4.72 Å². The van der Waals surface area contributed by atoms with Gasteiger partial charge in [0, 0.05) is 10.7 Å². The molecule has 0 atom stereocenters. The zero-order valence-corrected chi connectivity index (χ0v) is 12.9. The van der Waals surface area contributed by atoms with Crippen molar-refractivity contribution in [3.05, 3.63) is 45.8 Å². The topological polar surface area (TPSA) is 85.1 Å². The molecule has 0 spiro atoms. The predicted octanol–water partition coefficient (Wildman–Crippen LogP) is 3.02. The highest BCUT2D eigenvalue weighted by Crippen LogP contribution is 2.33. The number of benzene rings is 1. The van der Waals surface area contributed by atoms with Crippen molar-refractivity contribution in [2.24, 2.45) is 0 Å². The summed E-state index contributed by atoms with van der Waals surface area (Å²) < 4.78 is 39.8. The van der Waals surface area contributed by atoms with Crippen molar-refractivity contribution in [2.45, 2.75) is 4.90 Å². The zero-order valence-electron chi connectivity index (χ0n) is 9.77. The highest BCUT2D eigenvalue weighted by atomic mass is 79.9. The van der Waals surface area contributed by atoms with E-state index in [2.05, 4.69) is 25.6 Å². The minimum absolute atomic E-state index is 0.0462. The van der Waals surface area contributed by atoms with E-state index in [0.717, 1.165) is 18.3 Å². The fourth-order valence-electron chi connectivity index (χ4n) is 1.38. The fraction of sp³-hybridized carbons (Fsp3) is 0. The molecule has 106 valence electrons. The molecule has 0 amide bonds. The average Bonchev–Trinajstić information content (AvgIpc) is 2.34. The monoisotopic (exact) mass is 379 g/mol. The normalized spacial score (nSPS) is 11.3. The van der Waals surface area contributed by atoms with Crippen molar-refractivity contribution in [3.63, 3.8) is 0 Å². The summed E-state index contributed by atoms with van der Waals surface area (Å²) in [4.78, 5) is 3.62. The van der Waals surface area contributed by atoms with Gasteiger partial charge in [0.2, 0.25) is 0 Å². The van der Waals surface area contributed by atoms with Gasteiger partial charge in [-0.25, -0.2) is 17.8 Å². The number of hydrogen-bond acceptors (Lipinski definition) is 4. The minimum Gasteiger partial charge on any atom is -0.384 e. The summed E-state index contributed by atoms with van der Waals surface area (Å²) in [7, 11) is -3.89. The van der Waals surface area contributed by atoms with Crippen LogP contribution in [0.5, 0.6) is 0 Å². The lowest BCUT2D eigenvalue weighted by Crippen LogP contribution is -2.14. The Kier molecular flexibility index (Phi) is 4.17. The molecule has 1 heterocycles. The Balaban J connectivity index is 2.41. The number of halogens is 3. The molecule has 2 aromatic rings. The largest absolute Gasteiger partial charge is 0.384 e. The Morgan fingerprint density at radius 3 is 2.60 bits per heavy atom. The van der Waals surface area contributed by atoms with E-state index in [1.165, 1.54) is 12.1 Å². The van der Waals surface area contributed by atoms with Gasteiger partial charge < -0.3 is 5.73 Å². The number of sulfonamides is 1. The molecule has 0 aliphatic carbocycles. The van der Waals surface area contributed by atoms with Crippen molar-refractivity contribution in [1.82, 2.24) is 4.98 Å². The quantitative estimate of drug-likeness (QED) is 0.857. The summed E-state index contributed by atoms with van der Waals surface area (Å²) in [5.74, 6) is -0.385. The molecule has 3 N–H and O–H groups in total. The van der Waals surface area contributed by atoms with E-state index < -0.39 is 15.8 Å². The molecule has 1 aromatic heterocycles. The molecule has 2 rings (SSSR count). The van der Waals surface area contributed by atoms with E-state index in [-0.39, 0.29) is 25.9 Å². The third-order valence-corrected chi connectivity index (χ3v) is 4.57. The van der Waals surface area contributed by atoms with Gasteiger partial charge in [-0.2, -0.15) is 0 Å². The van der Waals surface area contributed by atoms with Crippen LogP contribution >= 0.6 is 27.5 Å². The Hall–Kier alpha value is -1.38. The van der Waals surface area contributed by atoms with Crippen LogP contribution in [0.4, 0.5) is 15.9 Å². The molecule has 0 unspecified atom stereocenters. The van der Waals surface area contributed by atoms with Gasteiger partial charge in [0.1, 0.15) is 16.5 Å². The number of pyridine rings is 1. The Morgan fingerprint density at radius 1 is 1.35 bits per heavy atom. The number of nitrogen functional groups attached to an aromatic ring is 1. The van der Waals surface area contributed by atoms with Gasteiger partial charge in [0.05, 0.1) is 10.7 Å². The summed E-state index contributed by atoms with van der Waals surface area (Å²) in [6.07, 6.45) is 1.11. The molecule has 0 saturated heterocycles. The maximum atomic E-state index is 13.1. The van der Waals surface area contributed by atoms with Gasteiger partial charge in [0.15, 0.2) is 0 Å². The number of rotatable bonds is 3. The van der Waals surface area contributed by atoms with Crippen LogP contribution in [0.1, 0.15) is 0 Å².